The summed E-state index contributed by atoms with van der Waals surface area (Å²) in [5.74, 6) is 0.986. The minimum absolute atomic E-state index is 0.114. The molecule has 2 N–H and O–H groups in total. The summed E-state index contributed by atoms with van der Waals surface area (Å²) >= 11 is 0. The summed E-state index contributed by atoms with van der Waals surface area (Å²) in [4.78, 5) is 23.9. The number of carbonyl (C=O) groups excluding carboxylic acids is 2. The predicted octanol–water partition coefficient (Wildman–Crippen LogP) is 3.78. The monoisotopic (exact) mass is 382 g/mol. The van der Waals surface area contributed by atoms with Crippen molar-refractivity contribution in [2.75, 3.05) is 13.1 Å². The average Bonchev–Trinajstić information content (AvgIpc) is 3.10. The van der Waals surface area contributed by atoms with Gasteiger partial charge >= 0.3 is 12.1 Å². The van der Waals surface area contributed by atoms with Gasteiger partial charge in [-0.3, -0.25) is 4.79 Å². The largest absolute Gasteiger partial charge is 0.461 e. The van der Waals surface area contributed by atoms with Crippen molar-refractivity contribution in [2.45, 2.75) is 96.8 Å². The highest BCUT2D eigenvalue weighted by Crippen LogP contribution is 2.28. The van der Waals surface area contributed by atoms with Crippen LogP contribution in [0.3, 0.4) is 0 Å². The molecule has 1 atom stereocenters. The second-order valence-electron chi connectivity index (χ2n) is 9.24. The molecule has 0 aromatic rings. The molecule has 2 rings (SSSR count). The molecule has 6 heteroatoms. The lowest BCUT2D eigenvalue weighted by Crippen LogP contribution is -2.40. The molecule has 1 amide bonds. The lowest BCUT2D eigenvalue weighted by atomic mass is 9.82. The lowest BCUT2D eigenvalue weighted by Gasteiger charge is -2.30. The SMILES string of the molecule is C[C@H](NCC1CCC(CNC(=O)OC(C)(C)C)CC1)C(=O)OC1CCCC1. The van der Waals surface area contributed by atoms with Gasteiger partial charge in [0.15, 0.2) is 0 Å². The number of hydrogen-bond donors (Lipinski definition) is 2. The smallest absolute Gasteiger partial charge is 0.407 e. The van der Waals surface area contributed by atoms with E-state index >= 15 is 0 Å². The number of rotatable bonds is 7. The Morgan fingerprint density at radius 1 is 0.963 bits per heavy atom. The molecule has 156 valence electrons. The Labute approximate surface area is 164 Å². The van der Waals surface area contributed by atoms with Crippen molar-refractivity contribution in [3.63, 3.8) is 0 Å². The average molecular weight is 383 g/mol. The molecule has 0 aromatic carbocycles. The zero-order chi connectivity index (χ0) is 19.9. The van der Waals surface area contributed by atoms with Crippen LogP contribution in [0, 0.1) is 11.8 Å². The van der Waals surface area contributed by atoms with Crippen LogP contribution in [0.5, 0.6) is 0 Å². The fraction of sp³-hybridized carbons (Fsp3) is 0.905. The second-order valence-corrected chi connectivity index (χ2v) is 9.24. The molecule has 0 heterocycles. The van der Waals surface area contributed by atoms with E-state index in [4.69, 9.17) is 9.47 Å². The van der Waals surface area contributed by atoms with Crippen molar-refractivity contribution in [1.82, 2.24) is 10.6 Å². The molecule has 0 aromatic heterocycles. The molecule has 0 spiro atoms. The molecule has 0 radical (unpaired) electrons. The van der Waals surface area contributed by atoms with Crippen molar-refractivity contribution in [3.05, 3.63) is 0 Å². The third kappa shape index (κ3) is 8.50. The molecular weight excluding hydrogens is 344 g/mol. The van der Waals surface area contributed by atoms with Crippen molar-refractivity contribution in [3.8, 4) is 0 Å². The van der Waals surface area contributed by atoms with Gasteiger partial charge in [-0.05, 0) is 97.4 Å². The van der Waals surface area contributed by atoms with E-state index in [1.165, 1.54) is 12.8 Å². The van der Waals surface area contributed by atoms with E-state index in [0.717, 1.165) is 45.1 Å². The number of esters is 1. The fourth-order valence-corrected chi connectivity index (χ4v) is 3.88. The third-order valence-electron chi connectivity index (χ3n) is 5.55. The van der Waals surface area contributed by atoms with Crippen molar-refractivity contribution in [2.24, 2.45) is 11.8 Å². The highest BCUT2D eigenvalue weighted by molar-refractivity contribution is 5.75. The minimum atomic E-state index is -0.455. The van der Waals surface area contributed by atoms with Crippen LogP contribution in [-0.4, -0.2) is 42.9 Å². The van der Waals surface area contributed by atoms with Crippen LogP contribution >= 0.6 is 0 Å². The second kappa shape index (κ2) is 10.3. The van der Waals surface area contributed by atoms with Crippen LogP contribution < -0.4 is 10.6 Å². The molecular formula is C21H38N2O4. The summed E-state index contributed by atoms with van der Waals surface area (Å²) in [7, 11) is 0. The van der Waals surface area contributed by atoms with E-state index in [1.807, 2.05) is 27.7 Å². The first-order valence-corrected chi connectivity index (χ1v) is 10.6. The minimum Gasteiger partial charge on any atom is -0.461 e. The van der Waals surface area contributed by atoms with E-state index in [-0.39, 0.29) is 24.2 Å². The van der Waals surface area contributed by atoms with Gasteiger partial charge in [-0.15, -0.1) is 0 Å². The van der Waals surface area contributed by atoms with Crippen molar-refractivity contribution in [1.29, 1.82) is 0 Å². The quantitative estimate of drug-likeness (QED) is 0.655. The van der Waals surface area contributed by atoms with Crippen molar-refractivity contribution < 1.29 is 19.1 Å². The molecule has 2 fully saturated rings. The first-order valence-electron chi connectivity index (χ1n) is 10.6. The van der Waals surface area contributed by atoms with Gasteiger partial charge in [0.05, 0.1) is 0 Å². The van der Waals surface area contributed by atoms with Gasteiger partial charge in [0.1, 0.15) is 17.7 Å². The van der Waals surface area contributed by atoms with Gasteiger partial charge in [0.25, 0.3) is 0 Å². The van der Waals surface area contributed by atoms with Gasteiger partial charge in [0.2, 0.25) is 0 Å². The number of amides is 1. The van der Waals surface area contributed by atoms with Gasteiger partial charge < -0.3 is 20.1 Å². The van der Waals surface area contributed by atoms with Gasteiger partial charge in [-0.1, -0.05) is 0 Å². The number of ether oxygens (including phenoxy) is 2. The Morgan fingerprint density at radius 2 is 1.52 bits per heavy atom. The predicted molar refractivity (Wildman–Crippen MR) is 105 cm³/mol. The topological polar surface area (TPSA) is 76.7 Å². The van der Waals surface area contributed by atoms with E-state index in [0.29, 0.717) is 18.4 Å². The first-order chi connectivity index (χ1) is 12.7. The van der Waals surface area contributed by atoms with Crippen LogP contribution in [0.1, 0.15) is 79.1 Å². The van der Waals surface area contributed by atoms with E-state index < -0.39 is 5.60 Å². The first kappa shape index (κ1) is 22.0. The number of nitrogens with one attached hydrogen (secondary N) is 2. The number of alkyl carbamates (subject to hydrolysis) is 1. The number of hydrogen-bond acceptors (Lipinski definition) is 5. The highest BCUT2D eigenvalue weighted by atomic mass is 16.6. The maximum absolute atomic E-state index is 12.1. The summed E-state index contributed by atoms with van der Waals surface area (Å²) < 4.78 is 10.8. The maximum atomic E-state index is 12.1. The van der Waals surface area contributed by atoms with Crippen LogP contribution in [0.15, 0.2) is 0 Å². The van der Waals surface area contributed by atoms with Crippen LogP contribution in [0.2, 0.25) is 0 Å². The summed E-state index contributed by atoms with van der Waals surface area (Å²) in [6.45, 7) is 9.04. The van der Waals surface area contributed by atoms with Crippen LogP contribution in [-0.2, 0) is 14.3 Å². The molecule has 0 aliphatic heterocycles. The van der Waals surface area contributed by atoms with Gasteiger partial charge in [0, 0.05) is 6.54 Å². The molecule has 6 nitrogen and oxygen atoms in total. The summed E-state index contributed by atoms with van der Waals surface area (Å²) in [5, 5.41) is 6.24. The van der Waals surface area contributed by atoms with Gasteiger partial charge in [-0.2, -0.15) is 0 Å². The standard InChI is InChI=1S/C21H38N2O4/c1-15(19(24)26-18-7-5-6-8-18)22-13-16-9-11-17(12-10-16)14-23-20(25)27-21(2,3)4/h15-18,22H,5-14H2,1-4H3,(H,23,25)/t15-,16?,17?/m0/s1. The maximum Gasteiger partial charge on any atom is 0.407 e. The summed E-state index contributed by atoms with van der Waals surface area (Å²) in [6, 6.07) is -0.239. The Bertz CT molecular complexity index is 475. The fourth-order valence-electron chi connectivity index (χ4n) is 3.88. The summed E-state index contributed by atoms with van der Waals surface area (Å²) in [6.07, 6.45) is 8.62. The van der Waals surface area contributed by atoms with Gasteiger partial charge in [-0.25, -0.2) is 4.79 Å². The molecule has 0 bridgehead atoms. The molecule has 0 saturated heterocycles. The molecule has 0 unspecified atom stereocenters. The molecule has 2 saturated carbocycles. The Hall–Kier alpha value is -1.30. The molecule has 27 heavy (non-hydrogen) atoms. The zero-order valence-electron chi connectivity index (χ0n) is 17.5. The van der Waals surface area contributed by atoms with E-state index in [1.54, 1.807) is 0 Å². The third-order valence-corrected chi connectivity index (χ3v) is 5.55. The lowest BCUT2D eigenvalue weighted by molar-refractivity contribution is -0.150. The van der Waals surface area contributed by atoms with Crippen LogP contribution in [0.25, 0.3) is 0 Å². The Kier molecular flexibility index (Phi) is 8.39. The number of carbonyl (C=O) groups is 2. The zero-order valence-corrected chi connectivity index (χ0v) is 17.5. The highest BCUT2D eigenvalue weighted by Gasteiger charge is 2.25. The van der Waals surface area contributed by atoms with Crippen LogP contribution in [0.4, 0.5) is 4.79 Å². The molecule has 2 aliphatic carbocycles. The Morgan fingerprint density at radius 3 is 2.07 bits per heavy atom. The van der Waals surface area contributed by atoms with E-state index in [9.17, 15) is 9.59 Å². The van der Waals surface area contributed by atoms with Crippen molar-refractivity contribution >= 4 is 12.1 Å². The molecule has 2 aliphatic rings. The summed E-state index contributed by atoms with van der Waals surface area (Å²) in [5.41, 5.74) is -0.455. The normalized spacial score (nSPS) is 25.0. The van der Waals surface area contributed by atoms with E-state index in [2.05, 4.69) is 10.6 Å². The Balaban J connectivity index is 1.57.